The van der Waals surface area contributed by atoms with Crippen LogP contribution in [0.1, 0.15) is 38.2 Å². The molecule has 1 aliphatic rings. The number of nitrogens with one attached hydrogen (secondary N) is 2. The predicted octanol–water partition coefficient (Wildman–Crippen LogP) is 4.05. The molecule has 4 nitrogen and oxygen atoms in total. The highest BCUT2D eigenvalue weighted by Gasteiger charge is 2.21. The van der Waals surface area contributed by atoms with Gasteiger partial charge in [-0.25, -0.2) is 0 Å². The van der Waals surface area contributed by atoms with Crippen molar-refractivity contribution < 1.29 is 9.47 Å². The lowest BCUT2D eigenvalue weighted by molar-refractivity contribution is 0.308. The van der Waals surface area contributed by atoms with Crippen LogP contribution in [0.5, 0.6) is 11.5 Å². The van der Waals surface area contributed by atoms with Gasteiger partial charge in [0.25, 0.3) is 0 Å². The fourth-order valence-electron chi connectivity index (χ4n) is 3.15. The summed E-state index contributed by atoms with van der Waals surface area (Å²) in [5.41, 5.74) is 1.16. The van der Waals surface area contributed by atoms with Crippen molar-refractivity contribution in [2.75, 3.05) is 20.8 Å². The lowest BCUT2D eigenvalue weighted by Gasteiger charge is -2.30. The number of methoxy groups -OCH3 is 2. The molecule has 0 bridgehead atoms. The molecule has 1 aromatic rings. The molecule has 0 aromatic heterocycles. The zero-order chi connectivity index (χ0) is 17.5. The average molecular weight is 415 g/mol. The molecule has 1 fully saturated rings. The largest absolute Gasteiger partial charge is 0.493 e. The quantitative estimate of drug-likeness (QED) is 0.687. The standard InChI is InChI=1S/C18H27BrN2O2S/c1-12-6-4-5-7-15(12)21-18(24)20-9-8-13-10-16(22-2)17(23-3)11-14(13)19/h10-12,15H,4-9H2,1-3H3,(H2,20,21,24)/t12-,15-/m1/s1. The Morgan fingerprint density at radius 1 is 1.21 bits per heavy atom. The summed E-state index contributed by atoms with van der Waals surface area (Å²) in [6.45, 7) is 3.08. The van der Waals surface area contributed by atoms with Crippen molar-refractivity contribution in [3.63, 3.8) is 0 Å². The maximum Gasteiger partial charge on any atom is 0.166 e. The molecular formula is C18H27BrN2O2S. The molecule has 6 heteroatoms. The van der Waals surface area contributed by atoms with Crippen LogP contribution in [0.4, 0.5) is 0 Å². The van der Waals surface area contributed by atoms with Gasteiger partial charge in [-0.3, -0.25) is 0 Å². The van der Waals surface area contributed by atoms with Crippen LogP contribution in [-0.2, 0) is 6.42 Å². The van der Waals surface area contributed by atoms with Crippen molar-refractivity contribution in [3.8, 4) is 11.5 Å². The van der Waals surface area contributed by atoms with Gasteiger partial charge in [0, 0.05) is 17.1 Å². The normalized spacial score (nSPS) is 20.3. The van der Waals surface area contributed by atoms with Gasteiger partial charge in [-0.2, -0.15) is 0 Å². The summed E-state index contributed by atoms with van der Waals surface area (Å²) in [6, 6.07) is 4.45. The Bertz CT molecular complexity index is 568. The first-order valence-electron chi connectivity index (χ1n) is 8.50. The first-order valence-corrected chi connectivity index (χ1v) is 9.70. The van der Waals surface area contributed by atoms with Gasteiger partial charge in [-0.1, -0.05) is 35.7 Å². The van der Waals surface area contributed by atoms with E-state index in [0.29, 0.717) is 12.0 Å². The highest BCUT2D eigenvalue weighted by Crippen LogP contribution is 2.33. The molecule has 0 saturated heterocycles. The second kappa shape index (κ2) is 9.47. The predicted molar refractivity (Wildman–Crippen MR) is 106 cm³/mol. The van der Waals surface area contributed by atoms with Crippen LogP contribution in [0.15, 0.2) is 16.6 Å². The summed E-state index contributed by atoms with van der Waals surface area (Å²) in [6.07, 6.45) is 5.99. The third-order valence-corrected chi connectivity index (χ3v) is 5.66. The van der Waals surface area contributed by atoms with E-state index in [1.807, 2.05) is 12.1 Å². The number of ether oxygens (including phenoxy) is 2. The Labute approximate surface area is 158 Å². The number of thiocarbonyl (C=S) groups is 1. The zero-order valence-corrected chi connectivity index (χ0v) is 17.1. The van der Waals surface area contributed by atoms with Crippen LogP contribution in [-0.4, -0.2) is 31.9 Å². The van der Waals surface area contributed by atoms with E-state index in [4.69, 9.17) is 21.7 Å². The van der Waals surface area contributed by atoms with E-state index in [1.54, 1.807) is 14.2 Å². The number of hydrogen-bond donors (Lipinski definition) is 2. The topological polar surface area (TPSA) is 42.5 Å². The Balaban J connectivity index is 1.84. The van der Waals surface area contributed by atoms with Gasteiger partial charge in [0.05, 0.1) is 14.2 Å². The summed E-state index contributed by atoms with van der Waals surface area (Å²) in [5.74, 6) is 2.16. The smallest absolute Gasteiger partial charge is 0.166 e. The minimum Gasteiger partial charge on any atom is -0.493 e. The Morgan fingerprint density at radius 3 is 2.54 bits per heavy atom. The van der Waals surface area contributed by atoms with Crippen LogP contribution < -0.4 is 20.1 Å². The fourth-order valence-corrected chi connectivity index (χ4v) is 3.92. The van der Waals surface area contributed by atoms with E-state index in [1.165, 1.54) is 25.7 Å². The summed E-state index contributed by atoms with van der Waals surface area (Å²) < 4.78 is 11.7. The molecule has 0 amide bonds. The minimum absolute atomic E-state index is 0.506. The van der Waals surface area contributed by atoms with E-state index in [-0.39, 0.29) is 0 Å². The van der Waals surface area contributed by atoms with E-state index in [2.05, 4.69) is 33.5 Å². The molecule has 0 radical (unpaired) electrons. The van der Waals surface area contributed by atoms with E-state index >= 15 is 0 Å². The molecule has 134 valence electrons. The molecule has 2 N–H and O–H groups in total. The molecule has 24 heavy (non-hydrogen) atoms. The fraction of sp³-hybridized carbons (Fsp3) is 0.611. The SMILES string of the molecule is COc1cc(Br)c(CCNC(=S)N[C@@H]2CCCC[C@H]2C)cc1OC. The van der Waals surface area contributed by atoms with Crippen molar-refractivity contribution in [2.24, 2.45) is 5.92 Å². The first kappa shape index (κ1) is 19.3. The Hall–Kier alpha value is -1.01. The summed E-state index contributed by atoms with van der Waals surface area (Å²) in [5, 5.41) is 7.55. The van der Waals surface area contributed by atoms with E-state index in [9.17, 15) is 0 Å². The van der Waals surface area contributed by atoms with Crippen LogP contribution >= 0.6 is 28.1 Å². The monoisotopic (exact) mass is 414 g/mol. The van der Waals surface area contributed by atoms with Crippen LogP contribution in [0.2, 0.25) is 0 Å². The maximum atomic E-state index is 5.45. The molecule has 1 saturated carbocycles. The van der Waals surface area contributed by atoms with Gasteiger partial charge in [0.1, 0.15) is 0 Å². The van der Waals surface area contributed by atoms with Crippen molar-refractivity contribution >= 4 is 33.3 Å². The number of hydrogen-bond acceptors (Lipinski definition) is 3. The molecule has 0 spiro atoms. The van der Waals surface area contributed by atoms with Gasteiger partial charge in [0.2, 0.25) is 0 Å². The maximum absolute atomic E-state index is 5.45. The van der Waals surface area contributed by atoms with Gasteiger partial charge in [-0.15, -0.1) is 0 Å². The lowest BCUT2D eigenvalue weighted by atomic mass is 9.86. The third kappa shape index (κ3) is 5.24. The molecule has 1 aliphatic carbocycles. The number of rotatable bonds is 6. The van der Waals surface area contributed by atoms with Crippen molar-refractivity contribution in [1.82, 2.24) is 10.6 Å². The molecular weight excluding hydrogens is 388 g/mol. The molecule has 0 heterocycles. The Kier molecular flexibility index (Phi) is 7.62. The van der Waals surface area contributed by atoms with Crippen molar-refractivity contribution in [1.29, 1.82) is 0 Å². The van der Waals surface area contributed by atoms with Crippen LogP contribution in [0.3, 0.4) is 0 Å². The third-order valence-electron chi connectivity index (χ3n) is 4.66. The lowest BCUT2D eigenvalue weighted by Crippen LogP contribution is -2.46. The second-order valence-corrected chi connectivity index (χ2v) is 7.58. The van der Waals surface area contributed by atoms with Crippen molar-refractivity contribution in [3.05, 3.63) is 22.2 Å². The van der Waals surface area contributed by atoms with Gasteiger partial charge in [0.15, 0.2) is 16.6 Å². The molecule has 0 aliphatic heterocycles. The molecule has 2 atom stereocenters. The van der Waals surface area contributed by atoms with E-state index < -0.39 is 0 Å². The van der Waals surface area contributed by atoms with Gasteiger partial charge < -0.3 is 20.1 Å². The van der Waals surface area contributed by atoms with E-state index in [0.717, 1.165) is 39.6 Å². The highest BCUT2D eigenvalue weighted by atomic mass is 79.9. The summed E-state index contributed by atoms with van der Waals surface area (Å²) in [7, 11) is 3.29. The van der Waals surface area contributed by atoms with Crippen LogP contribution in [0, 0.1) is 5.92 Å². The first-order chi connectivity index (χ1) is 11.5. The van der Waals surface area contributed by atoms with Crippen molar-refractivity contribution in [2.45, 2.75) is 45.1 Å². The second-order valence-electron chi connectivity index (χ2n) is 6.32. The average Bonchev–Trinajstić information content (AvgIpc) is 2.58. The zero-order valence-electron chi connectivity index (χ0n) is 14.7. The minimum atomic E-state index is 0.506. The molecule has 1 aromatic carbocycles. The van der Waals surface area contributed by atoms with Gasteiger partial charge >= 0.3 is 0 Å². The Morgan fingerprint density at radius 2 is 1.88 bits per heavy atom. The highest BCUT2D eigenvalue weighted by molar-refractivity contribution is 9.10. The van der Waals surface area contributed by atoms with Crippen LogP contribution in [0.25, 0.3) is 0 Å². The molecule has 2 rings (SSSR count). The number of halogens is 1. The molecule has 0 unspecified atom stereocenters. The number of benzene rings is 1. The summed E-state index contributed by atoms with van der Waals surface area (Å²) >= 11 is 9.04. The summed E-state index contributed by atoms with van der Waals surface area (Å²) in [4.78, 5) is 0. The van der Waals surface area contributed by atoms with Gasteiger partial charge in [-0.05, 0) is 55.1 Å².